The maximum Gasteiger partial charge on any atom is 0.253 e. The van der Waals surface area contributed by atoms with Gasteiger partial charge in [0.05, 0.1) is 6.54 Å². The zero-order valence-corrected chi connectivity index (χ0v) is 8.36. The lowest BCUT2D eigenvalue weighted by Gasteiger charge is -2.33. The lowest BCUT2D eigenvalue weighted by Crippen LogP contribution is -2.58. The number of carbonyl (C=O) groups excluding carboxylic acids is 1. The Balaban J connectivity index is 2.11. The Morgan fingerprint density at radius 2 is 2.08 bits per heavy atom. The Kier molecular flexibility index (Phi) is 2.22. The summed E-state index contributed by atoms with van der Waals surface area (Å²) in [5, 5.41) is 2.63. The fraction of sp³-hybridized carbons (Fsp3) is 0.222. The van der Waals surface area contributed by atoms with Crippen molar-refractivity contribution in [3.63, 3.8) is 0 Å². The molecule has 1 aromatic carbocycles. The SMILES string of the molecule is O=C1NCC1(Cl)Sc1ccccc1. The summed E-state index contributed by atoms with van der Waals surface area (Å²) in [5.41, 5.74) is 0. The van der Waals surface area contributed by atoms with Crippen LogP contribution in [0.5, 0.6) is 0 Å². The van der Waals surface area contributed by atoms with E-state index in [0.29, 0.717) is 6.54 Å². The Morgan fingerprint density at radius 3 is 2.54 bits per heavy atom. The molecule has 1 saturated heterocycles. The number of hydrogen-bond donors (Lipinski definition) is 1. The lowest BCUT2D eigenvalue weighted by molar-refractivity contribution is -0.126. The van der Waals surface area contributed by atoms with Gasteiger partial charge in [-0.1, -0.05) is 41.6 Å². The van der Waals surface area contributed by atoms with E-state index in [9.17, 15) is 4.79 Å². The van der Waals surface area contributed by atoms with Gasteiger partial charge in [0.2, 0.25) is 0 Å². The summed E-state index contributed by atoms with van der Waals surface area (Å²) in [6.45, 7) is 0.535. The van der Waals surface area contributed by atoms with Crippen LogP contribution in [0, 0.1) is 0 Å². The average molecular weight is 214 g/mol. The molecule has 1 aliphatic heterocycles. The molecule has 4 heteroatoms. The first-order valence-electron chi connectivity index (χ1n) is 3.92. The molecule has 1 aliphatic rings. The number of carbonyl (C=O) groups is 1. The smallest absolute Gasteiger partial charge is 0.253 e. The highest BCUT2D eigenvalue weighted by atomic mass is 35.5. The third-order valence-corrected chi connectivity index (χ3v) is 3.54. The molecule has 1 unspecified atom stereocenters. The fourth-order valence-electron chi connectivity index (χ4n) is 1.06. The molecule has 1 fully saturated rings. The summed E-state index contributed by atoms with van der Waals surface area (Å²) in [6.07, 6.45) is 0. The van der Waals surface area contributed by atoms with Gasteiger partial charge in [-0.2, -0.15) is 0 Å². The summed E-state index contributed by atoms with van der Waals surface area (Å²) in [5.74, 6) is -0.0944. The van der Waals surface area contributed by atoms with Crippen LogP contribution in [0.3, 0.4) is 0 Å². The predicted octanol–water partition coefficient (Wildman–Crippen LogP) is 1.84. The molecule has 0 aliphatic carbocycles. The Hall–Kier alpha value is -0.670. The average Bonchev–Trinajstić information content (AvgIpc) is 2.17. The van der Waals surface area contributed by atoms with Gasteiger partial charge in [0.25, 0.3) is 5.91 Å². The van der Waals surface area contributed by atoms with Gasteiger partial charge in [-0.3, -0.25) is 4.79 Å². The second-order valence-corrected chi connectivity index (χ2v) is 5.07. The van der Waals surface area contributed by atoms with E-state index in [1.807, 2.05) is 30.3 Å². The zero-order chi connectivity index (χ0) is 9.31. The summed E-state index contributed by atoms with van der Waals surface area (Å²) in [6, 6.07) is 9.69. The molecule has 0 bridgehead atoms. The molecule has 2 rings (SSSR count). The second-order valence-electron chi connectivity index (χ2n) is 2.83. The Labute approximate surface area is 85.7 Å². The van der Waals surface area contributed by atoms with Crippen LogP contribution in [-0.2, 0) is 4.79 Å². The molecule has 0 aromatic heterocycles. The van der Waals surface area contributed by atoms with E-state index in [4.69, 9.17) is 11.6 Å². The van der Waals surface area contributed by atoms with Crippen LogP contribution in [0.15, 0.2) is 35.2 Å². The summed E-state index contributed by atoms with van der Waals surface area (Å²) >= 11 is 7.44. The molecular formula is C9H8ClNOS. The topological polar surface area (TPSA) is 29.1 Å². The first kappa shape index (κ1) is 8.91. The van der Waals surface area contributed by atoms with Gasteiger partial charge < -0.3 is 5.32 Å². The molecular weight excluding hydrogens is 206 g/mol. The Bertz CT molecular complexity index is 330. The first-order chi connectivity index (χ1) is 6.21. The summed E-state index contributed by atoms with van der Waals surface area (Å²) < 4.78 is -0.776. The quantitative estimate of drug-likeness (QED) is 0.600. The lowest BCUT2D eigenvalue weighted by atomic mass is 10.2. The van der Waals surface area contributed by atoms with E-state index in [2.05, 4.69) is 5.32 Å². The highest BCUT2D eigenvalue weighted by Gasteiger charge is 2.45. The van der Waals surface area contributed by atoms with Crippen LogP contribution in [-0.4, -0.2) is 16.7 Å². The van der Waals surface area contributed by atoms with Crippen LogP contribution < -0.4 is 5.32 Å². The minimum Gasteiger partial charge on any atom is -0.351 e. The molecule has 2 nitrogen and oxygen atoms in total. The van der Waals surface area contributed by atoms with E-state index in [-0.39, 0.29) is 5.91 Å². The summed E-state index contributed by atoms with van der Waals surface area (Å²) in [7, 11) is 0. The number of nitrogens with one attached hydrogen (secondary N) is 1. The molecule has 0 spiro atoms. The number of benzene rings is 1. The van der Waals surface area contributed by atoms with Crippen molar-refractivity contribution in [1.29, 1.82) is 0 Å². The third-order valence-electron chi connectivity index (χ3n) is 1.84. The monoisotopic (exact) mass is 213 g/mol. The molecule has 1 amide bonds. The first-order valence-corrected chi connectivity index (χ1v) is 5.11. The van der Waals surface area contributed by atoms with Crippen molar-refractivity contribution < 1.29 is 4.79 Å². The predicted molar refractivity (Wildman–Crippen MR) is 53.9 cm³/mol. The molecule has 1 heterocycles. The van der Waals surface area contributed by atoms with Crippen molar-refractivity contribution in [2.75, 3.05) is 6.54 Å². The van der Waals surface area contributed by atoms with Gasteiger partial charge in [-0.15, -0.1) is 0 Å². The van der Waals surface area contributed by atoms with Crippen molar-refractivity contribution in [2.45, 2.75) is 9.10 Å². The van der Waals surface area contributed by atoms with Crippen molar-refractivity contribution >= 4 is 29.3 Å². The number of β-lactam (4-membered cyclic amide) rings is 1. The normalized spacial score (nSPS) is 26.4. The molecule has 68 valence electrons. The van der Waals surface area contributed by atoms with Crippen molar-refractivity contribution in [1.82, 2.24) is 5.32 Å². The molecule has 1 N–H and O–H groups in total. The van der Waals surface area contributed by atoms with Crippen molar-refractivity contribution in [3.05, 3.63) is 30.3 Å². The van der Waals surface area contributed by atoms with E-state index in [0.717, 1.165) is 4.90 Å². The molecule has 0 saturated carbocycles. The maximum atomic E-state index is 11.1. The Morgan fingerprint density at radius 1 is 1.38 bits per heavy atom. The molecule has 1 atom stereocenters. The number of thioether (sulfide) groups is 1. The van der Waals surface area contributed by atoms with E-state index < -0.39 is 4.21 Å². The van der Waals surface area contributed by atoms with Crippen molar-refractivity contribution in [3.8, 4) is 0 Å². The van der Waals surface area contributed by atoms with Crippen LogP contribution >= 0.6 is 23.4 Å². The largest absolute Gasteiger partial charge is 0.351 e. The van der Waals surface area contributed by atoms with Crippen LogP contribution in [0.2, 0.25) is 0 Å². The third kappa shape index (κ3) is 1.67. The number of hydrogen-bond acceptors (Lipinski definition) is 2. The standard InChI is InChI=1S/C9H8ClNOS/c10-9(6-11-8(9)12)13-7-4-2-1-3-5-7/h1-5H,6H2,(H,11,12). The van der Waals surface area contributed by atoms with E-state index >= 15 is 0 Å². The molecule has 13 heavy (non-hydrogen) atoms. The highest BCUT2D eigenvalue weighted by molar-refractivity contribution is 8.02. The van der Waals surface area contributed by atoms with Crippen LogP contribution in [0.4, 0.5) is 0 Å². The van der Waals surface area contributed by atoms with Gasteiger partial charge in [0, 0.05) is 4.90 Å². The molecule has 0 radical (unpaired) electrons. The highest BCUT2D eigenvalue weighted by Crippen LogP contribution is 2.39. The van der Waals surface area contributed by atoms with E-state index in [1.165, 1.54) is 11.8 Å². The number of amides is 1. The summed E-state index contributed by atoms with van der Waals surface area (Å²) in [4.78, 5) is 12.1. The zero-order valence-electron chi connectivity index (χ0n) is 6.79. The molecule has 1 aromatic rings. The number of alkyl halides is 1. The van der Waals surface area contributed by atoms with Gasteiger partial charge in [0.1, 0.15) is 0 Å². The van der Waals surface area contributed by atoms with Crippen molar-refractivity contribution in [2.24, 2.45) is 0 Å². The van der Waals surface area contributed by atoms with Gasteiger partial charge in [-0.05, 0) is 12.1 Å². The van der Waals surface area contributed by atoms with Gasteiger partial charge in [-0.25, -0.2) is 0 Å². The second kappa shape index (κ2) is 3.24. The minimum absolute atomic E-state index is 0.0944. The van der Waals surface area contributed by atoms with Crippen LogP contribution in [0.1, 0.15) is 0 Å². The maximum absolute atomic E-state index is 11.1. The van der Waals surface area contributed by atoms with Gasteiger partial charge >= 0.3 is 0 Å². The minimum atomic E-state index is -0.776. The van der Waals surface area contributed by atoms with E-state index in [1.54, 1.807) is 0 Å². The fourth-order valence-corrected chi connectivity index (χ4v) is 2.43. The van der Waals surface area contributed by atoms with Crippen LogP contribution in [0.25, 0.3) is 0 Å². The number of rotatable bonds is 2. The number of halogens is 1. The van der Waals surface area contributed by atoms with Gasteiger partial charge in [0.15, 0.2) is 4.21 Å².